The Balaban J connectivity index is 1.48. The number of aromatic hydroxyl groups is 1. The summed E-state index contributed by atoms with van der Waals surface area (Å²) in [4.78, 5) is 3.55. The largest absolute Gasteiger partial charge is 0.508 e. The lowest BCUT2D eigenvalue weighted by Crippen LogP contribution is -2.43. The monoisotopic (exact) mass is 437 g/mol. The van der Waals surface area contributed by atoms with Gasteiger partial charge in [-0.2, -0.15) is 0 Å². The molecule has 4 rings (SSSR count). The zero-order chi connectivity index (χ0) is 21.8. The summed E-state index contributed by atoms with van der Waals surface area (Å²) in [6.07, 6.45) is 0. The summed E-state index contributed by atoms with van der Waals surface area (Å²) >= 11 is 1.65. The molecule has 3 aromatic carbocycles. The number of methoxy groups -OCH3 is 1. The molecule has 0 radical (unpaired) electrons. The molecule has 164 valence electrons. The number of anilines is 1. The van der Waals surface area contributed by atoms with Gasteiger partial charge in [-0.1, -0.05) is 38.1 Å². The minimum Gasteiger partial charge on any atom is -0.508 e. The molecule has 31 heavy (non-hydrogen) atoms. The topological polar surface area (TPSA) is 56.8 Å². The van der Waals surface area contributed by atoms with Gasteiger partial charge in [0, 0.05) is 43.0 Å². The van der Waals surface area contributed by atoms with Crippen molar-refractivity contribution in [1.29, 1.82) is 0 Å². The molecule has 0 aliphatic carbocycles. The number of nitrogens with one attached hydrogen (secondary N) is 2. The fourth-order valence-electron chi connectivity index (χ4n) is 4.13. The van der Waals surface area contributed by atoms with Crippen LogP contribution >= 0.6 is 11.9 Å². The summed E-state index contributed by atoms with van der Waals surface area (Å²) < 4.78 is 9.18. The van der Waals surface area contributed by atoms with Gasteiger partial charge in [-0.15, -0.1) is 0 Å². The fraction of sp³-hybridized carbons (Fsp3) is 0.360. The number of rotatable bonds is 7. The number of piperazine rings is 1. The number of phenols is 1. The Kier molecular flexibility index (Phi) is 6.60. The molecule has 3 N–H and O–H groups in total. The van der Waals surface area contributed by atoms with E-state index in [1.165, 1.54) is 10.5 Å². The van der Waals surface area contributed by atoms with Crippen molar-refractivity contribution >= 4 is 28.4 Å². The summed E-state index contributed by atoms with van der Waals surface area (Å²) in [5.74, 6) is 1.22. The second kappa shape index (κ2) is 9.39. The Hall–Kier alpha value is -2.41. The molecule has 3 aromatic rings. The average Bonchev–Trinajstić information content (AvgIpc) is 2.79. The number of nitrogens with zero attached hydrogens (tertiary/aromatic N) is 1. The zero-order valence-electron chi connectivity index (χ0n) is 18.4. The normalized spacial score (nSPS) is 14.7. The lowest BCUT2D eigenvalue weighted by atomic mass is 9.82. The number of hydrogen-bond donors (Lipinski definition) is 3. The van der Waals surface area contributed by atoms with Crippen molar-refractivity contribution in [2.45, 2.75) is 24.2 Å². The van der Waals surface area contributed by atoms with E-state index in [0.717, 1.165) is 54.9 Å². The molecule has 1 heterocycles. The van der Waals surface area contributed by atoms with E-state index in [-0.39, 0.29) is 5.41 Å². The van der Waals surface area contributed by atoms with Crippen molar-refractivity contribution in [2.24, 2.45) is 0 Å². The molecule has 6 heteroatoms. The van der Waals surface area contributed by atoms with Crippen LogP contribution in [0.25, 0.3) is 10.8 Å². The molecule has 1 aliphatic rings. The first-order chi connectivity index (χ1) is 15.0. The highest BCUT2D eigenvalue weighted by molar-refractivity contribution is 7.97. The van der Waals surface area contributed by atoms with E-state index in [2.05, 4.69) is 65.2 Å². The third-order valence-electron chi connectivity index (χ3n) is 5.91. The fourth-order valence-corrected chi connectivity index (χ4v) is 5.04. The highest BCUT2D eigenvalue weighted by Crippen LogP contribution is 2.35. The van der Waals surface area contributed by atoms with Crippen molar-refractivity contribution in [2.75, 3.05) is 44.7 Å². The van der Waals surface area contributed by atoms with Crippen LogP contribution in [0.15, 0.2) is 59.5 Å². The van der Waals surface area contributed by atoms with Gasteiger partial charge in [0.15, 0.2) is 0 Å². The average molecular weight is 438 g/mol. The van der Waals surface area contributed by atoms with Crippen LogP contribution in [0.3, 0.4) is 0 Å². The van der Waals surface area contributed by atoms with E-state index in [1.807, 2.05) is 12.1 Å². The first kappa shape index (κ1) is 21.8. The van der Waals surface area contributed by atoms with Crippen LogP contribution in [0.2, 0.25) is 0 Å². The number of benzene rings is 3. The number of fused-ring (bicyclic) bond motifs is 1. The maximum absolute atomic E-state index is 9.98. The molecule has 0 aromatic heterocycles. The highest BCUT2D eigenvalue weighted by atomic mass is 32.2. The van der Waals surface area contributed by atoms with Crippen LogP contribution in [0.1, 0.15) is 19.4 Å². The van der Waals surface area contributed by atoms with Crippen LogP contribution in [-0.2, 0) is 5.41 Å². The van der Waals surface area contributed by atoms with Gasteiger partial charge in [0.1, 0.15) is 11.5 Å². The highest BCUT2D eigenvalue weighted by Gasteiger charge is 2.23. The summed E-state index contributed by atoms with van der Waals surface area (Å²) in [7, 11) is 1.73. The van der Waals surface area contributed by atoms with E-state index >= 15 is 0 Å². The summed E-state index contributed by atoms with van der Waals surface area (Å²) in [6, 6.07) is 18.3. The molecule has 0 unspecified atom stereocenters. The molecule has 5 nitrogen and oxygen atoms in total. The number of phenolic OH excluding ortho intramolecular Hbond substituents is 1. The van der Waals surface area contributed by atoms with E-state index in [0.29, 0.717) is 5.75 Å². The second-order valence-electron chi connectivity index (χ2n) is 8.59. The lowest BCUT2D eigenvalue weighted by molar-refractivity contribution is 0.412. The molecule has 0 saturated carbocycles. The third-order valence-corrected chi connectivity index (χ3v) is 6.69. The molecule has 1 saturated heterocycles. The predicted molar refractivity (Wildman–Crippen MR) is 131 cm³/mol. The molecular weight excluding hydrogens is 406 g/mol. The Morgan fingerprint density at radius 3 is 2.68 bits per heavy atom. The van der Waals surface area contributed by atoms with Gasteiger partial charge < -0.3 is 20.1 Å². The van der Waals surface area contributed by atoms with Gasteiger partial charge >= 0.3 is 0 Å². The Labute approximate surface area is 188 Å². The summed E-state index contributed by atoms with van der Waals surface area (Å²) in [5.41, 5.74) is 2.28. The molecule has 1 fully saturated rings. The van der Waals surface area contributed by atoms with Crippen molar-refractivity contribution in [3.63, 3.8) is 0 Å². The molecule has 1 aliphatic heterocycles. The maximum atomic E-state index is 9.98. The van der Waals surface area contributed by atoms with Crippen LogP contribution < -0.4 is 19.7 Å². The first-order valence-electron chi connectivity index (χ1n) is 10.7. The standard InChI is InChI=1S/C25H31N3O2S/c1-25(2,22-6-4-5-18-7-8-19(29)15-21(18)22)17-27-31-20-9-10-24(30-3)23(16-20)28-13-11-26-12-14-28/h4-10,15-16,26-27,29H,11-14,17H2,1-3H3. The minimum absolute atomic E-state index is 0.103. The van der Waals surface area contributed by atoms with Gasteiger partial charge in [-0.05, 0) is 58.6 Å². The van der Waals surface area contributed by atoms with Crippen molar-refractivity contribution < 1.29 is 9.84 Å². The van der Waals surface area contributed by atoms with Crippen molar-refractivity contribution in [3.8, 4) is 11.5 Å². The van der Waals surface area contributed by atoms with Gasteiger partial charge in [-0.25, -0.2) is 0 Å². The van der Waals surface area contributed by atoms with Crippen LogP contribution in [-0.4, -0.2) is 44.9 Å². The minimum atomic E-state index is -0.103. The first-order valence-corrected chi connectivity index (χ1v) is 11.6. The molecule has 0 spiro atoms. The van der Waals surface area contributed by atoms with Crippen LogP contribution in [0.5, 0.6) is 11.5 Å². The van der Waals surface area contributed by atoms with E-state index in [1.54, 1.807) is 25.1 Å². The van der Waals surface area contributed by atoms with Gasteiger partial charge in [0.25, 0.3) is 0 Å². The van der Waals surface area contributed by atoms with Gasteiger partial charge in [-0.3, -0.25) is 4.72 Å². The number of ether oxygens (including phenoxy) is 1. The molecule has 0 bridgehead atoms. The Morgan fingerprint density at radius 2 is 1.90 bits per heavy atom. The van der Waals surface area contributed by atoms with E-state index < -0.39 is 0 Å². The summed E-state index contributed by atoms with van der Waals surface area (Å²) in [6.45, 7) is 9.22. The molecule has 0 atom stereocenters. The summed E-state index contributed by atoms with van der Waals surface area (Å²) in [5, 5.41) is 15.6. The number of hydrogen-bond acceptors (Lipinski definition) is 6. The lowest BCUT2D eigenvalue weighted by Gasteiger charge is -2.31. The van der Waals surface area contributed by atoms with Gasteiger partial charge in [0.2, 0.25) is 0 Å². The molecular formula is C25H31N3O2S. The molecule has 0 amide bonds. The zero-order valence-corrected chi connectivity index (χ0v) is 19.3. The maximum Gasteiger partial charge on any atom is 0.142 e. The SMILES string of the molecule is COc1ccc(SNCC(C)(C)c2cccc3ccc(O)cc23)cc1N1CCNCC1. The van der Waals surface area contributed by atoms with Crippen molar-refractivity contribution in [3.05, 3.63) is 60.2 Å². The smallest absolute Gasteiger partial charge is 0.142 e. The Bertz CT molecular complexity index is 1050. The quantitative estimate of drug-likeness (QED) is 0.472. The van der Waals surface area contributed by atoms with Crippen LogP contribution in [0.4, 0.5) is 5.69 Å². The van der Waals surface area contributed by atoms with Gasteiger partial charge in [0.05, 0.1) is 12.8 Å². The predicted octanol–water partition coefficient (Wildman–Crippen LogP) is 4.54. The van der Waals surface area contributed by atoms with E-state index in [4.69, 9.17) is 4.74 Å². The van der Waals surface area contributed by atoms with Crippen molar-refractivity contribution in [1.82, 2.24) is 10.0 Å². The third kappa shape index (κ3) is 4.92. The Morgan fingerprint density at radius 1 is 1.10 bits per heavy atom. The second-order valence-corrected chi connectivity index (χ2v) is 9.55. The van der Waals surface area contributed by atoms with Crippen LogP contribution in [0, 0.1) is 0 Å². The van der Waals surface area contributed by atoms with E-state index in [9.17, 15) is 5.11 Å².